The molecule has 0 unspecified atom stereocenters. The van der Waals surface area contributed by atoms with E-state index in [4.69, 9.17) is 9.47 Å². The Labute approximate surface area is 188 Å². The predicted octanol–water partition coefficient (Wildman–Crippen LogP) is 3.66. The minimum atomic E-state index is -0.376. The molecule has 0 spiro atoms. The molecule has 1 saturated heterocycles. The Morgan fingerprint density at radius 3 is 2.84 bits per heavy atom. The molecular weight excluding hydrogens is 465 g/mol. The van der Waals surface area contributed by atoms with Gasteiger partial charge in [-0.2, -0.15) is 0 Å². The Balaban J connectivity index is 1.39. The molecule has 2 aromatic carbocycles. The van der Waals surface area contributed by atoms with Gasteiger partial charge in [0.1, 0.15) is 24.9 Å². The lowest BCUT2D eigenvalue weighted by atomic mass is 10.1. The van der Waals surface area contributed by atoms with Crippen LogP contribution < -0.4 is 14.8 Å². The van der Waals surface area contributed by atoms with Crippen LogP contribution in [0.2, 0.25) is 0 Å². The maximum atomic E-state index is 14.5. The minimum Gasteiger partial charge on any atom is -0.486 e. The van der Waals surface area contributed by atoms with E-state index in [0.29, 0.717) is 39.6 Å². The number of nitrogens with one attached hydrogen (secondary N) is 1. The summed E-state index contributed by atoms with van der Waals surface area (Å²) in [5, 5.41) is 3.82. The highest BCUT2D eigenvalue weighted by Gasteiger charge is 2.26. The first-order valence-corrected chi connectivity index (χ1v) is 11.1. The first-order valence-electron chi connectivity index (χ1n) is 10.3. The maximum Gasteiger partial charge on any atom is 0.163 e. The maximum absolute atomic E-state index is 14.5. The lowest BCUT2D eigenvalue weighted by Gasteiger charge is -2.36. The number of aromatic nitrogens is 2. The summed E-state index contributed by atoms with van der Waals surface area (Å²) >= 11 is 3.22. The third kappa shape index (κ3) is 4.30. The second-order valence-corrected chi connectivity index (χ2v) is 8.77. The van der Waals surface area contributed by atoms with Crippen LogP contribution in [0.4, 0.5) is 15.9 Å². The van der Waals surface area contributed by atoms with Crippen LogP contribution in [0.1, 0.15) is 0 Å². The first-order chi connectivity index (χ1) is 15.1. The van der Waals surface area contributed by atoms with E-state index in [2.05, 4.69) is 48.1 Å². The van der Waals surface area contributed by atoms with Crippen LogP contribution in [-0.2, 0) is 0 Å². The molecular formula is C22H23BrFN5O2. The molecule has 5 rings (SSSR count). The van der Waals surface area contributed by atoms with E-state index in [1.165, 1.54) is 6.33 Å². The fraction of sp³-hybridized carbons (Fsp3) is 0.364. The Hall–Kier alpha value is -2.49. The average Bonchev–Trinajstić information content (AvgIpc) is 2.77. The molecule has 0 radical (unpaired) electrons. The van der Waals surface area contributed by atoms with Crippen molar-refractivity contribution in [2.75, 3.05) is 51.7 Å². The average molecular weight is 488 g/mol. The summed E-state index contributed by atoms with van der Waals surface area (Å²) in [6, 6.07) is 8.80. The van der Waals surface area contributed by atoms with E-state index in [-0.39, 0.29) is 11.9 Å². The summed E-state index contributed by atoms with van der Waals surface area (Å²) in [7, 11) is 2.15. The molecule has 9 heteroatoms. The van der Waals surface area contributed by atoms with Gasteiger partial charge in [-0.15, -0.1) is 0 Å². The van der Waals surface area contributed by atoms with Crippen molar-refractivity contribution in [3.63, 3.8) is 0 Å². The van der Waals surface area contributed by atoms with Gasteiger partial charge in [0.25, 0.3) is 0 Å². The number of halogens is 2. The highest BCUT2D eigenvalue weighted by atomic mass is 79.9. The van der Waals surface area contributed by atoms with Crippen molar-refractivity contribution in [1.29, 1.82) is 0 Å². The second kappa shape index (κ2) is 8.57. The largest absolute Gasteiger partial charge is 0.486 e. The fourth-order valence-corrected chi connectivity index (χ4v) is 4.27. The molecule has 1 N–H and O–H groups in total. The van der Waals surface area contributed by atoms with Gasteiger partial charge in [0.05, 0.1) is 15.7 Å². The van der Waals surface area contributed by atoms with Gasteiger partial charge < -0.3 is 19.7 Å². The summed E-state index contributed by atoms with van der Waals surface area (Å²) < 4.78 is 27.1. The third-order valence-electron chi connectivity index (χ3n) is 5.68. The van der Waals surface area contributed by atoms with Crippen LogP contribution in [0.25, 0.3) is 10.9 Å². The monoisotopic (exact) mass is 487 g/mol. The van der Waals surface area contributed by atoms with Crippen LogP contribution in [0.5, 0.6) is 11.5 Å². The molecule has 0 aliphatic carbocycles. The standard InChI is InChI=1S/C22H23BrFN5O2/c1-28-5-7-29(8-6-28)11-14-12-30-19-10-18-15(9-20(19)31-14)22(26-13-25-18)27-17-4-2-3-16(23)21(17)24/h2-4,9-10,13-14H,5-8,11-12H2,1H3,(H,25,26,27)/t14-/m0/s1. The summed E-state index contributed by atoms with van der Waals surface area (Å²) in [5.74, 6) is 1.46. The van der Waals surface area contributed by atoms with Crippen LogP contribution >= 0.6 is 15.9 Å². The molecule has 2 aliphatic heterocycles. The lowest BCUT2D eigenvalue weighted by molar-refractivity contribution is 0.0442. The van der Waals surface area contributed by atoms with Crippen molar-refractivity contribution in [2.24, 2.45) is 0 Å². The van der Waals surface area contributed by atoms with Gasteiger partial charge in [-0.05, 0) is 41.2 Å². The number of nitrogens with zero attached hydrogens (tertiary/aromatic N) is 4. The number of hydrogen-bond acceptors (Lipinski definition) is 7. The van der Waals surface area contributed by atoms with Crippen LogP contribution in [0.15, 0.2) is 41.1 Å². The topological polar surface area (TPSA) is 62.8 Å². The number of ether oxygens (including phenoxy) is 2. The lowest BCUT2D eigenvalue weighted by Crippen LogP contribution is -2.49. The zero-order valence-corrected chi connectivity index (χ0v) is 18.7. The number of anilines is 2. The molecule has 162 valence electrons. The van der Waals surface area contributed by atoms with Crippen molar-refractivity contribution < 1.29 is 13.9 Å². The van der Waals surface area contributed by atoms with Gasteiger partial charge in [-0.3, -0.25) is 4.90 Å². The SMILES string of the molecule is CN1CCN(C[C@H]2COc3cc4ncnc(Nc5cccc(Br)c5F)c4cc3O2)CC1. The summed E-state index contributed by atoms with van der Waals surface area (Å²) in [4.78, 5) is 13.4. The minimum absolute atomic E-state index is 0.0445. The predicted molar refractivity (Wildman–Crippen MR) is 121 cm³/mol. The smallest absolute Gasteiger partial charge is 0.163 e. The Bertz CT molecular complexity index is 1110. The molecule has 0 amide bonds. The number of likely N-dealkylation sites (N-methyl/N-ethyl adjacent to an activating group) is 1. The molecule has 1 fully saturated rings. The van der Waals surface area contributed by atoms with Gasteiger partial charge in [0.15, 0.2) is 17.3 Å². The summed E-state index contributed by atoms with van der Waals surface area (Å²) in [6.45, 7) is 5.51. The van der Waals surface area contributed by atoms with Gasteiger partial charge in [-0.1, -0.05) is 6.07 Å². The molecule has 1 atom stereocenters. The molecule has 1 aromatic heterocycles. The van der Waals surface area contributed by atoms with E-state index in [1.807, 2.05) is 12.1 Å². The molecule has 31 heavy (non-hydrogen) atoms. The van der Waals surface area contributed by atoms with Gasteiger partial charge in [0, 0.05) is 44.2 Å². The normalized spacial score (nSPS) is 19.5. The zero-order valence-electron chi connectivity index (χ0n) is 17.1. The molecule has 3 heterocycles. The van der Waals surface area contributed by atoms with E-state index in [1.54, 1.807) is 18.2 Å². The molecule has 3 aromatic rings. The van der Waals surface area contributed by atoms with E-state index >= 15 is 0 Å². The fourth-order valence-electron chi connectivity index (χ4n) is 3.90. The van der Waals surface area contributed by atoms with Gasteiger partial charge >= 0.3 is 0 Å². The van der Waals surface area contributed by atoms with Crippen molar-refractivity contribution in [2.45, 2.75) is 6.10 Å². The number of rotatable bonds is 4. The Kier molecular flexibility index (Phi) is 5.64. The number of hydrogen-bond donors (Lipinski definition) is 1. The summed E-state index contributed by atoms with van der Waals surface area (Å²) in [5.41, 5.74) is 1.03. The van der Waals surface area contributed by atoms with Crippen LogP contribution in [0, 0.1) is 5.82 Å². The molecule has 2 aliphatic rings. The van der Waals surface area contributed by atoms with E-state index in [0.717, 1.165) is 38.1 Å². The quantitative estimate of drug-likeness (QED) is 0.602. The summed E-state index contributed by atoms with van der Waals surface area (Å²) in [6.07, 6.45) is 1.41. The van der Waals surface area contributed by atoms with Gasteiger partial charge in [0.2, 0.25) is 0 Å². The molecule has 0 saturated carbocycles. The van der Waals surface area contributed by atoms with Crippen molar-refractivity contribution in [3.05, 3.63) is 46.9 Å². The number of fused-ring (bicyclic) bond motifs is 2. The van der Waals surface area contributed by atoms with E-state index in [9.17, 15) is 4.39 Å². The van der Waals surface area contributed by atoms with Gasteiger partial charge in [-0.25, -0.2) is 14.4 Å². The highest BCUT2D eigenvalue weighted by Crippen LogP contribution is 2.38. The van der Waals surface area contributed by atoms with Crippen LogP contribution in [0.3, 0.4) is 0 Å². The van der Waals surface area contributed by atoms with Crippen molar-refractivity contribution >= 4 is 38.3 Å². The third-order valence-corrected chi connectivity index (χ3v) is 6.29. The Morgan fingerprint density at radius 2 is 2.00 bits per heavy atom. The molecule has 0 bridgehead atoms. The molecule has 7 nitrogen and oxygen atoms in total. The Morgan fingerprint density at radius 1 is 1.16 bits per heavy atom. The van der Waals surface area contributed by atoms with Crippen molar-refractivity contribution in [1.82, 2.24) is 19.8 Å². The number of benzene rings is 2. The number of piperazine rings is 1. The highest BCUT2D eigenvalue weighted by molar-refractivity contribution is 9.10. The van der Waals surface area contributed by atoms with Crippen molar-refractivity contribution in [3.8, 4) is 11.5 Å². The van der Waals surface area contributed by atoms with Crippen LogP contribution in [-0.4, -0.2) is 72.3 Å². The zero-order chi connectivity index (χ0) is 21.4. The second-order valence-electron chi connectivity index (χ2n) is 7.92. The van der Waals surface area contributed by atoms with E-state index < -0.39 is 0 Å². The first kappa shape index (κ1) is 20.4.